The number of hydrogen-bond acceptors (Lipinski definition) is 3. The van der Waals surface area contributed by atoms with Crippen LogP contribution in [0, 0.1) is 23.2 Å². The highest BCUT2D eigenvalue weighted by Gasteiger charge is 2.49. The molecule has 3 atom stereocenters. The molecule has 3 rings (SSSR count). The normalized spacial score (nSPS) is 35.8. The van der Waals surface area contributed by atoms with Gasteiger partial charge < -0.3 is 0 Å². The van der Waals surface area contributed by atoms with Gasteiger partial charge in [0.15, 0.2) is 0 Å². The van der Waals surface area contributed by atoms with Crippen molar-refractivity contribution in [2.24, 2.45) is 11.8 Å². The number of hydrogen-bond donors (Lipinski definition) is 1. The summed E-state index contributed by atoms with van der Waals surface area (Å²) in [5, 5.41) is 13.1. The lowest BCUT2D eigenvalue weighted by Gasteiger charge is -2.36. The van der Waals surface area contributed by atoms with Crippen molar-refractivity contribution >= 4 is 0 Å². The number of nitrogens with zero attached hydrogens (tertiary/aromatic N) is 2. The first-order valence-corrected chi connectivity index (χ1v) is 7.17. The van der Waals surface area contributed by atoms with E-state index >= 15 is 0 Å². The number of nitriles is 1. The number of likely N-dealkylation sites (tertiary alicyclic amines) is 1. The van der Waals surface area contributed by atoms with Crippen LogP contribution in [0.15, 0.2) is 0 Å². The first-order chi connectivity index (χ1) is 8.27. The van der Waals surface area contributed by atoms with Crippen molar-refractivity contribution in [3.8, 4) is 6.07 Å². The molecule has 1 saturated heterocycles. The van der Waals surface area contributed by atoms with Crippen molar-refractivity contribution in [1.82, 2.24) is 10.2 Å². The number of piperidine rings is 1. The minimum Gasteiger partial charge on any atom is -0.298 e. The molecule has 94 valence electrons. The minimum absolute atomic E-state index is 0.251. The summed E-state index contributed by atoms with van der Waals surface area (Å²) in [6, 6.07) is 3.39. The molecule has 1 heterocycles. The predicted molar refractivity (Wildman–Crippen MR) is 67.4 cm³/mol. The largest absolute Gasteiger partial charge is 0.298 e. The van der Waals surface area contributed by atoms with E-state index < -0.39 is 0 Å². The quantitative estimate of drug-likeness (QED) is 0.786. The smallest absolute Gasteiger partial charge is 0.122 e. The molecule has 17 heavy (non-hydrogen) atoms. The third kappa shape index (κ3) is 1.98. The van der Waals surface area contributed by atoms with Gasteiger partial charge in [0.1, 0.15) is 5.54 Å². The van der Waals surface area contributed by atoms with Gasteiger partial charge >= 0.3 is 0 Å². The number of rotatable bonds is 5. The molecule has 0 aromatic carbocycles. The Kier molecular flexibility index (Phi) is 2.88. The summed E-state index contributed by atoms with van der Waals surface area (Å²) in [5.41, 5.74) is -0.251. The van der Waals surface area contributed by atoms with Crippen molar-refractivity contribution < 1.29 is 0 Å². The van der Waals surface area contributed by atoms with E-state index in [0.29, 0.717) is 5.92 Å². The Labute approximate surface area is 104 Å². The molecule has 2 aliphatic carbocycles. The molecule has 1 N–H and O–H groups in total. The van der Waals surface area contributed by atoms with Crippen LogP contribution in [-0.4, -0.2) is 36.1 Å². The van der Waals surface area contributed by atoms with Gasteiger partial charge in [0.25, 0.3) is 0 Å². The summed E-state index contributed by atoms with van der Waals surface area (Å²) in [6.07, 6.45) is 6.65. The SMILES string of the molecule is CCNC(C#N)(CN1CC2CCC1C2)C1CC1. The predicted octanol–water partition coefficient (Wildman–Crippen LogP) is 1.75. The molecule has 3 nitrogen and oxygen atoms in total. The van der Waals surface area contributed by atoms with Crippen molar-refractivity contribution in [2.45, 2.75) is 50.6 Å². The first kappa shape index (κ1) is 11.5. The lowest BCUT2D eigenvalue weighted by molar-refractivity contribution is 0.158. The number of likely N-dealkylation sites (N-methyl/N-ethyl adjacent to an activating group) is 1. The topological polar surface area (TPSA) is 39.1 Å². The fraction of sp³-hybridized carbons (Fsp3) is 0.929. The Morgan fingerprint density at radius 2 is 2.18 bits per heavy atom. The van der Waals surface area contributed by atoms with Gasteiger partial charge in [-0.05, 0) is 50.5 Å². The third-order valence-electron chi connectivity index (χ3n) is 4.94. The summed E-state index contributed by atoms with van der Waals surface area (Å²) in [5.74, 6) is 1.53. The molecular weight excluding hydrogens is 210 g/mol. The van der Waals surface area contributed by atoms with Gasteiger partial charge in [0.2, 0.25) is 0 Å². The van der Waals surface area contributed by atoms with Crippen molar-refractivity contribution in [2.75, 3.05) is 19.6 Å². The van der Waals surface area contributed by atoms with Crippen LogP contribution in [0.3, 0.4) is 0 Å². The van der Waals surface area contributed by atoms with Crippen LogP contribution in [0.1, 0.15) is 39.0 Å². The van der Waals surface area contributed by atoms with E-state index in [-0.39, 0.29) is 5.54 Å². The molecular formula is C14H23N3. The first-order valence-electron chi connectivity index (χ1n) is 7.17. The highest BCUT2D eigenvalue weighted by Crippen LogP contribution is 2.43. The van der Waals surface area contributed by atoms with E-state index in [9.17, 15) is 5.26 Å². The second-order valence-electron chi connectivity index (χ2n) is 6.15. The van der Waals surface area contributed by atoms with Crippen LogP contribution in [0.25, 0.3) is 0 Å². The standard InChI is InChI=1S/C14H23N3/c1-2-16-14(9-15,12-4-5-12)10-17-8-11-3-6-13(17)7-11/h11-13,16H,2-8,10H2,1H3. The molecule has 0 spiro atoms. The zero-order chi connectivity index (χ0) is 11.9. The Bertz CT molecular complexity index is 331. The summed E-state index contributed by atoms with van der Waals surface area (Å²) in [4.78, 5) is 2.60. The summed E-state index contributed by atoms with van der Waals surface area (Å²) in [7, 11) is 0. The van der Waals surface area contributed by atoms with E-state index in [1.54, 1.807) is 0 Å². The zero-order valence-corrected chi connectivity index (χ0v) is 10.8. The number of nitrogens with one attached hydrogen (secondary N) is 1. The van der Waals surface area contributed by atoms with Gasteiger partial charge in [-0.1, -0.05) is 6.92 Å². The summed E-state index contributed by atoms with van der Waals surface area (Å²) >= 11 is 0. The molecule has 0 amide bonds. The van der Waals surface area contributed by atoms with Crippen LogP contribution < -0.4 is 5.32 Å². The van der Waals surface area contributed by atoms with Gasteiger partial charge in [-0.2, -0.15) is 5.26 Å². The summed E-state index contributed by atoms with van der Waals surface area (Å²) < 4.78 is 0. The monoisotopic (exact) mass is 233 g/mol. The van der Waals surface area contributed by atoms with Crippen LogP contribution in [0.2, 0.25) is 0 Å². The molecule has 2 bridgehead atoms. The molecule has 3 heteroatoms. The van der Waals surface area contributed by atoms with Crippen molar-refractivity contribution in [1.29, 1.82) is 5.26 Å². The van der Waals surface area contributed by atoms with Gasteiger partial charge in [0.05, 0.1) is 6.07 Å². The highest BCUT2D eigenvalue weighted by atomic mass is 15.2. The van der Waals surface area contributed by atoms with E-state index in [2.05, 4.69) is 23.2 Å². The Hall–Kier alpha value is -0.590. The van der Waals surface area contributed by atoms with Crippen molar-refractivity contribution in [3.63, 3.8) is 0 Å². The van der Waals surface area contributed by atoms with E-state index in [1.165, 1.54) is 38.6 Å². The fourth-order valence-corrected chi connectivity index (χ4v) is 3.93. The molecule has 2 saturated carbocycles. The van der Waals surface area contributed by atoms with Crippen LogP contribution in [0.5, 0.6) is 0 Å². The second kappa shape index (κ2) is 4.26. The molecule has 3 fully saturated rings. The third-order valence-corrected chi connectivity index (χ3v) is 4.94. The molecule has 0 aromatic rings. The minimum atomic E-state index is -0.251. The molecule has 0 radical (unpaired) electrons. The molecule has 3 aliphatic rings. The average molecular weight is 233 g/mol. The van der Waals surface area contributed by atoms with Crippen molar-refractivity contribution in [3.05, 3.63) is 0 Å². The molecule has 3 unspecified atom stereocenters. The zero-order valence-electron chi connectivity index (χ0n) is 10.8. The van der Waals surface area contributed by atoms with E-state index in [1.807, 2.05) is 0 Å². The maximum atomic E-state index is 9.61. The Morgan fingerprint density at radius 3 is 2.65 bits per heavy atom. The fourth-order valence-electron chi connectivity index (χ4n) is 3.93. The molecule has 1 aliphatic heterocycles. The highest BCUT2D eigenvalue weighted by molar-refractivity contribution is 5.17. The van der Waals surface area contributed by atoms with Crippen LogP contribution in [-0.2, 0) is 0 Å². The maximum Gasteiger partial charge on any atom is 0.122 e. The number of fused-ring (bicyclic) bond motifs is 2. The van der Waals surface area contributed by atoms with Gasteiger partial charge in [0, 0.05) is 19.1 Å². The van der Waals surface area contributed by atoms with Crippen LogP contribution in [0.4, 0.5) is 0 Å². The molecule has 0 aromatic heterocycles. The Morgan fingerprint density at radius 1 is 1.35 bits per heavy atom. The van der Waals surface area contributed by atoms with Gasteiger partial charge in [-0.15, -0.1) is 0 Å². The van der Waals surface area contributed by atoms with Gasteiger partial charge in [-0.3, -0.25) is 10.2 Å². The maximum absolute atomic E-state index is 9.61. The second-order valence-corrected chi connectivity index (χ2v) is 6.15. The summed E-state index contributed by atoms with van der Waals surface area (Å²) in [6.45, 7) is 5.23. The van der Waals surface area contributed by atoms with E-state index in [0.717, 1.165) is 25.0 Å². The lowest BCUT2D eigenvalue weighted by atomic mass is 9.93. The lowest BCUT2D eigenvalue weighted by Crippen LogP contribution is -2.55. The van der Waals surface area contributed by atoms with E-state index in [4.69, 9.17) is 0 Å². The average Bonchev–Trinajstić information content (AvgIpc) is 3.00. The Balaban J connectivity index is 1.70. The van der Waals surface area contributed by atoms with Gasteiger partial charge in [-0.25, -0.2) is 0 Å². The van der Waals surface area contributed by atoms with Crippen LogP contribution >= 0.6 is 0 Å².